The summed E-state index contributed by atoms with van der Waals surface area (Å²) in [5.41, 5.74) is 1.27. The van der Waals surface area contributed by atoms with E-state index in [1.165, 1.54) is 22.1 Å². The Bertz CT molecular complexity index is 385. The van der Waals surface area contributed by atoms with Crippen molar-refractivity contribution in [3.8, 4) is 0 Å². The van der Waals surface area contributed by atoms with E-state index in [-0.39, 0.29) is 0 Å². The highest BCUT2D eigenvalue weighted by Crippen LogP contribution is 2.31. The Morgan fingerprint density at radius 3 is 2.40 bits per heavy atom. The second kappa shape index (κ2) is 8.63. The first-order valence-corrected chi connectivity index (χ1v) is 8.76. The number of hydrogen-bond acceptors (Lipinski definition) is 4. The van der Waals surface area contributed by atoms with Gasteiger partial charge in [-0.15, -0.1) is 11.3 Å². The van der Waals surface area contributed by atoms with Gasteiger partial charge in [0.05, 0.1) is 5.69 Å². The Hall–Kier alpha value is -0.610. The average Bonchev–Trinajstić information content (AvgIpc) is 2.80. The third kappa shape index (κ3) is 5.06. The standard InChI is InChI=1S/C16H31N3S/c1-7-9-17-10-14-15(13(5)6)18-16(20-14)19(8-2)11-12(3)4/h12-13,17H,7-11H2,1-6H3. The van der Waals surface area contributed by atoms with E-state index in [2.05, 4.69) is 51.8 Å². The van der Waals surface area contributed by atoms with Crippen molar-refractivity contribution in [2.75, 3.05) is 24.5 Å². The topological polar surface area (TPSA) is 28.2 Å². The molecular formula is C16H31N3S. The zero-order valence-corrected chi connectivity index (χ0v) is 14.8. The van der Waals surface area contributed by atoms with Crippen LogP contribution in [-0.2, 0) is 6.54 Å². The minimum atomic E-state index is 0.496. The number of aromatic nitrogens is 1. The molecule has 1 heterocycles. The van der Waals surface area contributed by atoms with Gasteiger partial charge in [0.1, 0.15) is 0 Å². The Kier molecular flexibility index (Phi) is 7.52. The van der Waals surface area contributed by atoms with Crippen LogP contribution in [-0.4, -0.2) is 24.6 Å². The van der Waals surface area contributed by atoms with E-state index in [0.717, 1.165) is 26.2 Å². The van der Waals surface area contributed by atoms with Crippen LogP contribution in [0.3, 0.4) is 0 Å². The third-order valence-corrected chi connectivity index (χ3v) is 4.35. The first-order chi connectivity index (χ1) is 9.49. The van der Waals surface area contributed by atoms with Gasteiger partial charge < -0.3 is 10.2 Å². The lowest BCUT2D eigenvalue weighted by atomic mass is 10.1. The molecule has 20 heavy (non-hydrogen) atoms. The van der Waals surface area contributed by atoms with Crippen LogP contribution in [0, 0.1) is 5.92 Å². The Balaban J connectivity index is 2.88. The van der Waals surface area contributed by atoms with Gasteiger partial charge in [-0.2, -0.15) is 0 Å². The summed E-state index contributed by atoms with van der Waals surface area (Å²) >= 11 is 1.87. The molecule has 1 aromatic rings. The van der Waals surface area contributed by atoms with E-state index in [0.29, 0.717) is 11.8 Å². The largest absolute Gasteiger partial charge is 0.348 e. The van der Waals surface area contributed by atoms with Gasteiger partial charge in [-0.1, -0.05) is 34.6 Å². The second-order valence-electron chi connectivity index (χ2n) is 6.07. The Morgan fingerprint density at radius 1 is 1.20 bits per heavy atom. The molecule has 1 aromatic heterocycles. The van der Waals surface area contributed by atoms with Gasteiger partial charge in [0.2, 0.25) is 0 Å². The van der Waals surface area contributed by atoms with E-state index < -0.39 is 0 Å². The summed E-state index contributed by atoms with van der Waals surface area (Å²) in [5, 5.41) is 4.70. The third-order valence-electron chi connectivity index (χ3n) is 3.21. The van der Waals surface area contributed by atoms with Crippen molar-refractivity contribution < 1.29 is 0 Å². The fourth-order valence-corrected chi connectivity index (χ4v) is 3.48. The van der Waals surface area contributed by atoms with Crippen LogP contribution in [0.15, 0.2) is 0 Å². The average molecular weight is 298 g/mol. The quantitative estimate of drug-likeness (QED) is 0.691. The summed E-state index contributed by atoms with van der Waals surface area (Å²) in [6, 6.07) is 0. The highest BCUT2D eigenvalue weighted by Gasteiger charge is 2.17. The van der Waals surface area contributed by atoms with Crippen LogP contribution in [0.2, 0.25) is 0 Å². The molecule has 3 nitrogen and oxygen atoms in total. The molecule has 0 unspecified atom stereocenters. The van der Waals surface area contributed by atoms with E-state index in [9.17, 15) is 0 Å². The molecule has 0 radical (unpaired) electrons. The minimum Gasteiger partial charge on any atom is -0.348 e. The lowest BCUT2D eigenvalue weighted by molar-refractivity contribution is 0.616. The van der Waals surface area contributed by atoms with Crippen molar-refractivity contribution in [1.29, 1.82) is 0 Å². The summed E-state index contributed by atoms with van der Waals surface area (Å²) < 4.78 is 0. The highest BCUT2D eigenvalue weighted by molar-refractivity contribution is 7.15. The molecule has 116 valence electrons. The van der Waals surface area contributed by atoms with Crippen LogP contribution in [0.5, 0.6) is 0 Å². The maximum absolute atomic E-state index is 4.92. The molecule has 0 saturated heterocycles. The molecule has 0 atom stereocenters. The van der Waals surface area contributed by atoms with Gasteiger partial charge >= 0.3 is 0 Å². The smallest absolute Gasteiger partial charge is 0.185 e. The summed E-state index contributed by atoms with van der Waals surface area (Å²) in [7, 11) is 0. The monoisotopic (exact) mass is 297 g/mol. The van der Waals surface area contributed by atoms with Gasteiger partial charge in [0.15, 0.2) is 5.13 Å². The number of thiazole rings is 1. The Labute approximate surface area is 128 Å². The molecule has 0 aromatic carbocycles. The molecule has 0 aliphatic carbocycles. The van der Waals surface area contributed by atoms with Gasteiger partial charge in [0.25, 0.3) is 0 Å². The molecule has 0 bridgehead atoms. The predicted octanol–water partition coefficient (Wildman–Crippen LogP) is 4.25. The number of nitrogens with zero attached hydrogens (tertiary/aromatic N) is 2. The van der Waals surface area contributed by atoms with E-state index in [4.69, 9.17) is 4.98 Å². The molecule has 0 aliphatic heterocycles. The van der Waals surface area contributed by atoms with Gasteiger partial charge in [0, 0.05) is 24.5 Å². The predicted molar refractivity (Wildman–Crippen MR) is 90.9 cm³/mol. The van der Waals surface area contributed by atoms with Crippen molar-refractivity contribution in [2.24, 2.45) is 5.92 Å². The van der Waals surface area contributed by atoms with E-state index in [1.807, 2.05) is 11.3 Å². The van der Waals surface area contributed by atoms with Crippen LogP contribution >= 0.6 is 11.3 Å². The highest BCUT2D eigenvalue weighted by atomic mass is 32.1. The van der Waals surface area contributed by atoms with Gasteiger partial charge in [-0.3, -0.25) is 0 Å². The van der Waals surface area contributed by atoms with Gasteiger partial charge in [-0.25, -0.2) is 4.98 Å². The Morgan fingerprint density at radius 2 is 1.90 bits per heavy atom. The van der Waals surface area contributed by atoms with Crippen molar-refractivity contribution in [3.63, 3.8) is 0 Å². The van der Waals surface area contributed by atoms with Crippen molar-refractivity contribution in [3.05, 3.63) is 10.6 Å². The maximum Gasteiger partial charge on any atom is 0.185 e. The normalized spacial score (nSPS) is 11.6. The minimum absolute atomic E-state index is 0.496. The fourth-order valence-electron chi connectivity index (χ4n) is 2.23. The van der Waals surface area contributed by atoms with Crippen LogP contribution in [0.1, 0.15) is 64.5 Å². The molecule has 0 fully saturated rings. The molecular weight excluding hydrogens is 266 g/mol. The summed E-state index contributed by atoms with van der Waals surface area (Å²) in [6.07, 6.45) is 1.18. The molecule has 1 rings (SSSR count). The summed E-state index contributed by atoms with van der Waals surface area (Å²) in [5.74, 6) is 1.17. The molecule has 4 heteroatoms. The van der Waals surface area contributed by atoms with Crippen LogP contribution in [0.4, 0.5) is 5.13 Å². The number of rotatable bonds is 9. The summed E-state index contributed by atoms with van der Waals surface area (Å²) in [4.78, 5) is 8.73. The molecule has 0 spiro atoms. The number of anilines is 1. The lowest BCUT2D eigenvalue weighted by Crippen LogP contribution is -2.27. The first kappa shape index (κ1) is 17.4. The molecule has 0 saturated carbocycles. The maximum atomic E-state index is 4.92. The fraction of sp³-hybridized carbons (Fsp3) is 0.812. The van der Waals surface area contributed by atoms with E-state index >= 15 is 0 Å². The number of hydrogen-bond donors (Lipinski definition) is 1. The zero-order valence-electron chi connectivity index (χ0n) is 14.0. The van der Waals surface area contributed by atoms with Crippen molar-refractivity contribution in [2.45, 2.75) is 60.4 Å². The van der Waals surface area contributed by atoms with Crippen LogP contribution < -0.4 is 10.2 Å². The molecule has 1 N–H and O–H groups in total. The van der Waals surface area contributed by atoms with E-state index in [1.54, 1.807) is 0 Å². The molecule has 0 aliphatic rings. The second-order valence-corrected chi connectivity index (χ2v) is 7.13. The molecule has 0 amide bonds. The first-order valence-electron chi connectivity index (χ1n) is 7.94. The summed E-state index contributed by atoms with van der Waals surface area (Å²) in [6.45, 7) is 17.6. The van der Waals surface area contributed by atoms with Crippen molar-refractivity contribution >= 4 is 16.5 Å². The van der Waals surface area contributed by atoms with Crippen molar-refractivity contribution in [1.82, 2.24) is 10.3 Å². The number of nitrogens with one attached hydrogen (secondary N) is 1. The SMILES string of the molecule is CCCNCc1sc(N(CC)CC(C)C)nc1C(C)C. The van der Waals surface area contributed by atoms with Gasteiger partial charge in [-0.05, 0) is 31.7 Å². The lowest BCUT2D eigenvalue weighted by Gasteiger charge is -2.21. The zero-order chi connectivity index (χ0) is 15.1. The van der Waals surface area contributed by atoms with Crippen LogP contribution in [0.25, 0.3) is 0 Å².